The van der Waals surface area contributed by atoms with E-state index in [2.05, 4.69) is 20.9 Å². The quantitative estimate of drug-likeness (QED) is 0.771. The summed E-state index contributed by atoms with van der Waals surface area (Å²) in [7, 11) is 0. The first-order chi connectivity index (χ1) is 6.66. The number of rotatable bonds is 1. The Morgan fingerprint density at radius 2 is 2.07 bits per heavy atom. The molecule has 0 fully saturated rings. The van der Waals surface area contributed by atoms with Crippen LogP contribution in [0.25, 0.3) is 11.3 Å². The van der Waals surface area contributed by atoms with Crippen molar-refractivity contribution in [1.29, 1.82) is 0 Å². The smallest absolute Gasteiger partial charge is 0.159 e. The lowest BCUT2D eigenvalue weighted by Gasteiger charge is -1.98. The molecule has 0 unspecified atom stereocenters. The summed E-state index contributed by atoms with van der Waals surface area (Å²) in [6.07, 6.45) is 0. The van der Waals surface area contributed by atoms with E-state index in [1.807, 2.05) is 0 Å². The molecule has 0 radical (unpaired) electrons. The first-order valence-corrected chi connectivity index (χ1v) is 5.40. The van der Waals surface area contributed by atoms with Crippen LogP contribution in [0.4, 0.5) is 8.78 Å². The van der Waals surface area contributed by atoms with E-state index < -0.39 is 11.6 Å². The predicted octanol–water partition coefficient (Wildman–Crippen LogP) is 3.85. The number of thiazole rings is 1. The van der Waals surface area contributed by atoms with Crippen LogP contribution in [0.1, 0.15) is 0 Å². The van der Waals surface area contributed by atoms with Crippen LogP contribution in [0.2, 0.25) is 0 Å². The summed E-state index contributed by atoms with van der Waals surface area (Å²) in [5.41, 5.74) is 0.630. The van der Waals surface area contributed by atoms with E-state index in [-0.39, 0.29) is 5.56 Å². The zero-order valence-corrected chi connectivity index (χ0v) is 9.20. The SMILES string of the molecule is Fc1ccc(F)c(-c2csc(Br)n2)c1. The fourth-order valence-electron chi connectivity index (χ4n) is 1.07. The van der Waals surface area contributed by atoms with E-state index in [0.717, 1.165) is 18.2 Å². The Morgan fingerprint density at radius 3 is 2.71 bits per heavy atom. The highest BCUT2D eigenvalue weighted by Crippen LogP contribution is 2.27. The first-order valence-electron chi connectivity index (χ1n) is 3.73. The van der Waals surface area contributed by atoms with Crippen LogP contribution < -0.4 is 0 Å². The summed E-state index contributed by atoms with van der Waals surface area (Å²) in [4.78, 5) is 4.01. The van der Waals surface area contributed by atoms with Crippen molar-refractivity contribution in [2.75, 3.05) is 0 Å². The third-order valence-electron chi connectivity index (χ3n) is 1.68. The molecule has 14 heavy (non-hydrogen) atoms. The number of aromatic nitrogens is 1. The summed E-state index contributed by atoms with van der Waals surface area (Å²) in [5.74, 6) is -0.935. The molecule has 0 aliphatic heterocycles. The normalized spacial score (nSPS) is 10.5. The Hall–Kier alpha value is -0.810. The molecule has 0 aliphatic carbocycles. The molecule has 0 aliphatic rings. The van der Waals surface area contributed by atoms with Crippen molar-refractivity contribution in [3.05, 3.63) is 39.1 Å². The van der Waals surface area contributed by atoms with Crippen LogP contribution in [-0.2, 0) is 0 Å². The lowest BCUT2D eigenvalue weighted by molar-refractivity contribution is 0.603. The van der Waals surface area contributed by atoms with Crippen LogP contribution in [0.5, 0.6) is 0 Å². The molecule has 0 saturated heterocycles. The van der Waals surface area contributed by atoms with Gasteiger partial charge in [0.25, 0.3) is 0 Å². The van der Waals surface area contributed by atoms with E-state index in [0.29, 0.717) is 9.61 Å². The summed E-state index contributed by atoms with van der Waals surface area (Å²) in [6.45, 7) is 0. The summed E-state index contributed by atoms with van der Waals surface area (Å²) >= 11 is 4.49. The second-order valence-corrected chi connectivity index (χ2v) is 4.74. The minimum atomic E-state index is -0.468. The van der Waals surface area contributed by atoms with Gasteiger partial charge in [-0.3, -0.25) is 0 Å². The maximum absolute atomic E-state index is 13.2. The molecule has 5 heteroatoms. The lowest BCUT2D eigenvalue weighted by Crippen LogP contribution is -1.86. The van der Waals surface area contributed by atoms with Gasteiger partial charge in [-0.1, -0.05) is 0 Å². The molecule has 1 aromatic heterocycles. The minimum Gasteiger partial charge on any atom is -0.229 e. The molecule has 1 heterocycles. The molecule has 0 N–H and O–H groups in total. The molecule has 1 aromatic carbocycles. The Morgan fingerprint density at radius 1 is 1.29 bits per heavy atom. The topological polar surface area (TPSA) is 12.9 Å². The minimum absolute atomic E-state index is 0.187. The fraction of sp³-hybridized carbons (Fsp3) is 0. The third-order valence-corrected chi connectivity index (χ3v) is 3.05. The number of hydrogen-bond acceptors (Lipinski definition) is 2. The molecule has 72 valence electrons. The van der Waals surface area contributed by atoms with Gasteiger partial charge in [-0.2, -0.15) is 0 Å². The van der Waals surface area contributed by atoms with Gasteiger partial charge in [-0.15, -0.1) is 11.3 Å². The van der Waals surface area contributed by atoms with E-state index in [9.17, 15) is 8.78 Å². The van der Waals surface area contributed by atoms with Crippen LogP contribution in [0.3, 0.4) is 0 Å². The highest BCUT2D eigenvalue weighted by atomic mass is 79.9. The van der Waals surface area contributed by atoms with Gasteiger partial charge < -0.3 is 0 Å². The third kappa shape index (κ3) is 1.83. The van der Waals surface area contributed by atoms with E-state index in [1.54, 1.807) is 5.38 Å². The number of benzene rings is 1. The van der Waals surface area contributed by atoms with Crippen molar-refractivity contribution < 1.29 is 8.78 Å². The lowest BCUT2D eigenvalue weighted by atomic mass is 10.1. The summed E-state index contributed by atoms with van der Waals surface area (Å²) < 4.78 is 26.7. The molecule has 1 nitrogen and oxygen atoms in total. The fourth-order valence-corrected chi connectivity index (χ4v) is 2.08. The Kier molecular flexibility index (Phi) is 2.60. The molecule has 0 atom stereocenters. The molecular weight excluding hydrogens is 272 g/mol. The summed E-state index contributed by atoms with van der Waals surface area (Å²) in [6, 6.07) is 3.31. The molecule has 2 rings (SSSR count). The van der Waals surface area contributed by atoms with Gasteiger partial charge >= 0.3 is 0 Å². The molecule has 0 saturated carbocycles. The van der Waals surface area contributed by atoms with Gasteiger partial charge in [-0.05, 0) is 34.1 Å². The largest absolute Gasteiger partial charge is 0.229 e. The highest BCUT2D eigenvalue weighted by Gasteiger charge is 2.09. The van der Waals surface area contributed by atoms with Gasteiger partial charge in [0.1, 0.15) is 11.6 Å². The Bertz CT molecular complexity index is 470. The molecule has 2 aromatic rings. The monoisotopic (exact) mass is 275 g/mol. The van der Waals surface area contributed by atoms with Crippen molar-refractivity contribution in [2.24, 2.45) is 0 Å². The van der Waals surface area contributed by atoms with Crippen LogP contribution in [0.15, 0.2) is 27.5 Å². The second-order valence-electron chi connectivity index (χ2n) is 2.61. The van der Waals surface area contributed by atoms with Crippen molar-refractivity contribution in [2.45, 2.75) is 0 Å². The molecule has 0 bridgehead atoms. The van der Waals surface area contributed by atoms with Crippen molar-refractivity contribution in [1.82, 2.24) is 4.98 Å². The van der Waals surface area contributed by atoms with Gasteiger partial charge in [0.15, 0.2) is 3.92 Å². The van der Waals surface area contributed by atoms with Crippen LogP contribution in [0, 0.1) is 11.6 Å². The molecular formula is C9H4BrF2NS. The van der Waals surface area contributed by atoms with Gasteiger partial charge in [0.2, 0.25) is 0 Å². The number of halogens is 3. The maximum atomic E-state index is 13.2. The Balaban J connectivity index is 2.55. The number of hydrogen-bond donors (Lipinski definition) is 0. The highest BCUT2D eigenvalue weighted by molar-refractivity contribution is 9.11. The standard InChI is InChI=1S/C9H4BrF2NS/c10-9-13-8(4-14-9)6-3-5(11)1-2-7(6)12/h1-4H. The van der Waals surface area contributed by atoms with Crippen molar-refractivity contribution in [3.8, 4) is 11.3 Å². The zero-order chi connectivity index (χ0) is 10.1. The Labute approximate surface area is 91.5 Å². The number of nitrogens with zero attached hydrogens (tertiary/aromatic N) is 1. The van der Waals surface area contributed by atoms with Gasteiger partial charge in [0, 0.05) is 10.9 Å². The van der Waals surface area contributed by atoms with Crippen LogP contribution in [-0.4, -0.2) is 4.98 Å². The van der Waals surface area contributed by atoms with Gasteiger partial charge in [0.05, 0.1) is 5.69 Å². The van der Waals surface area contributed by atoms with E-state index in [4.69, 9.17) is 0 Å². The first kappa shape index (κ1) is 9.73. The van der Waals surface area contributed by atoms with E-state index in [1.165, 1.54) is 11.3 Å². The average Bonchev–Trinajstić information content (AvgIpc) is 2.56. The molecule has 0 amide bonds. The second kappa shape index (κ2) is 3.74. The summed E-state index contributed by atoms with van der Waals surface area (Å²) in [5, 5.41) is 1.67. The van der Waals surface area contributed by atoms with Crippen molar-refractivity contribution >= 4 is 27.3 Å². The molecule has 0 spiro atoms. The van der Waals surface area contributed by atoms with Crippen molar-refractivity contribution in [3.63, 3.8) is 0 Å². The zero-order valence-electron chi connectivity index (χ0n) is 6.80. The predicted molar refractivity (Wildman–Crippen MR) is 55.2 cm³/mol. The maximum Gasteiger partial charge on any atom is 0.159 e. The van der Waals surface area contributed by atoms with Crippen LogP contribution >= 0.6 is 27.3 Å². The average molecular weight is 276 g/mol. The van der Waals surface area contributed by atoms with Gasteiger partial charge in [-0.25, -0.2) is 13.8 Å². The van der Waals surface area contributed by atoms with E-state index >= 15 is 0 Å².